The molecule has 0 bridgehead atoms. The number of benzene rings is 1. The summed E-state index contributed by atoms with van der Waals surface area (Å²) < 4.78 is 13.6. The van der Waals surface area contributed by atoms with Gasteiger partial charge in [-0.05, 0) is 25.1 Å². The number of nitrogens with zero attached hydrogens (tertiary/aromatic N) is 1. The second-order valence-corrected chi connectivity index (χ2v) is 4.99. The number of carbonyl (C=O) groups excluding carboxylic acids is 1. The highest BCUT2D eigenvalue weighted by atomic mass is 35.5. The van der Waals surface area contributed by atoms with Crippen LogP contribution >= 0.6 is 11.6 Å². The Morgan fingerprint density at radius 1 is 1.61 bits per heavy atom. The van der Waals surface area contributed by atoms with Crippen molar-refractivity contribution in [2.24, 2.45) is 5.92 Å². The van der Waals surface area contributed by atoms with Crippen molar-refractivity contribution in [1.29, 1.82) is 0 Å². The zero-order valence-corrected chi connectivity index (χ0v) is 11.0. The summed E-state index contributed by atoms with van der Waals surface area (Å²) in [7, 11) is 1.68. The van der Waals surface area contributed by atoms with Gasteiger partial charge in [0.15, 0.2) is 0 Å². The standard InChI is InChI=1S/C13H16ClFN2O/c1-17(13(18)9-5-6-16-7-9)8-10-11(14)3-2-4-12(10)15/h2-4,9,16H,5-8H2,1H3. The third-order valence-electron chi connectivity index (χ3n) is 3.24. The van der Waals surface area contributed by atoms with Crippen LogP contribution in [0.2, 0.25) is 5.02 Å². The predicted octanol–water partition coefficient (Wildman–Crippen LogP) is 2.05. The van der Waals surface area contributed by atoms with Gasteiger partial charge in [-0.2, -0.15) is 0 Å². The van der Waals surface area contributed by atoms with Crippen LogP contribution in [0, 0.1) is 11.7 Å². The Balaban J connectivity index is 2.06. The van der Waals surface area contributed by atoms with Gasteiger partial charge >= 0.3 is 0 Å². The third kappa shape index (κ3) is 2.82. The van der Waals surface area contributed by atoms with E-state index in [-0.39, 0.29) is 24.2 Å². The van der Waals surface area contributed by atoms with Gasteiger partial charge < -0.3 is 10.2 Å². The summed E-state index contributed by atoms with van der Waals surface area (Å²) in [5.41, 5.74) is 0.376. The molecule has 1 unspecified atom stereocenters. The molecule has 1 aliphatic heterocycles. The molecule has 1 aromatic rings. The Hall–Kier alpha value is -1.13. The van der Waals surface area contributed by atoms with Gasteiger partial charge in [-0.3, -0.25) is 4.79 Å². The fourth-order valence-corrected chi connectivity index (χ4v) is 2.40. The molecule has 0 aromatic heterocycles. The maximum Gasteiger partial charge on any atom is 0.227 e. The van der Waals surface area contributed by atoms with Gasteiger partial charge in [-0.1, -0.05) is 17.7 Å². The minimum Gasteiger partial charge on any atom is -0.341 e. The van der Waals surface area contributed by atoms with Crippen LogP contribution in [0.5, 0.6) is 0 Å². The second kappa shape index (κ2) is 5.67. The summed E-state index contributed by atoms with van der Waals surface area (Å²) >= 11 is 5.95. The van der Waals surface area contributed by atoms with Crippen molar-refractivity contribution in [3.8, 4) is 0 Å². The first-order chi connectivity index (χ1) is 8.59. The first-order valence-electron chi connectivity index (χ1n) is 5.98. The Morgan fingerprint density at radius 3 is 3.00 bits per heavy atom. The third-order valence-corrected chi connectivity index (χ3v) is 3.60. The molecular weight excluding hydrogens is 255 g/mol. The quantitative estimate of drug-likeness (QED) is 0.912. The van der Waals surface area contributed by atoms with E-state index in [4.69, 9.17) is 11.6 Å². The van der Waals surface area contributed by atoms with Crippen LogP contribution in [0.3, 0.4) is 0 Å². The molecule has 0 spiro atoms. The van der Waals surface area contributed by atoms with E-state index in [1.807, 2.05) is 0 Å². The van der Waals surface area contributed by atoms with Gasteiger partial charge in [-0.25, -0.2) is 4.39 Å². The van der Waals surface area contributed by atoms with Crippen molar-refractivity contribution >= 4 is 17.5 Å². The van der Waals surface area contributed by atoms with E-state index in [0.717, 1.165) is 13.0 Å². The number of nitrogens with one attached hydrogen (secondary N) is 1. The van der Waals surface area contributed by atoms with E-state index in [9.17, 15) is 9.18 Å². The summed E-state index contributed by atoms with van der Waals surface area (Å²) in [6, 6.07) is 4.55. The maximum absolute atomic E-state index is 13.6. The van der Waals surface area contributed by atoms with Crippen LogP contribution < -0.4 is 5.32 Å². The van der Waals surface area contributed by atoms with Gasteiger partial charge in [0.25, 0.3) is 0 Å². The second-order valence-electron chi connectivity index (χ2n) is 4.58. The van der Waals surface area contributed by atoms with Crippen LogP contribution in [0.15, 0.2) is 18.2 Å². The minimum atomic E-state index is -0.369. The molecule has 1 atom stereocenters. The first kappa shape index (κ1) is 13.3. The zero-order chi connectivity index (χ0) is 13.1. The summed E-state index contributed by atoms with van der Waals surface area (Å²) in [5, 5.41) is 3.51. The molecule has 1 N–H and O–H groups in total. The van der Waals surface area contributed by atoms with E-state index < -0.39 is 0 Å². The van der Waals surface area contributed by atoms with Gasteiger partial charge in [0.1, 0.15) is 5.82 Å². The van der Waals surface area contributed by atoms with Crippen molar-refractivity contribution in [3.05, 3.63) is 34.6 Å². The normalized spacial score (nSPS) is 18.9. The van der Waals surface area contributed by atoms with Crippen molar-refractivity contribution in [2.45, 2.75) is 13.0 Å². The number of hydrogen-bond acceptors (Lipinski definition) is 2. The van der Waals surface area contributed by atoms with Gasteiger partial charge in [0.2, 0.25) is 5.91 Å². The molecule has 1 fully saturated rings. The fourth-order valence-electron chi connectivity index (χ4n) is 2.18. The van der Waals surface area contributed by atoms with E-state index in [1.54, 1.807) is 24.1 Å². The summed E-state index contributed by atoms with van der Waals surface area (Å²) in [5.74, 6) is -0.327. The largest absolute Gasteiger partial charge is 0.341 e. The van der Waals surface area contributed by atoms with Crippen molar-refractivity contribution in [1.82, 2.24) is 10.2 Å². The average Bonchev–Trinajstić information content (AvgIpc) is 2.86. The fraction of sp³-hybridized carbons (Fsp3) is 0.462. The summed E-state index contributed by atoms with van der Waals surface area (Å²) in [6.45, 7) is 1.78. The van der Waals surface area contributed by atoms with Crippen LogP contribution in [0.1, 0.15) is 12.0 Å². The minimum absolute atomic E-state index is 0.000508. The molecule has 0 saturated carbocycles. The lowest BCUT2D eigenvalue weighted by molar-refractivity contribution is -0.134. The van der Waals surface area contributed by atoms with Crippen LogP contribution in [-0.4, -0.2) is 30.9 Å². The molecular formula is C13H16ClFN2O. The predicted molar refractivity (Wildman–Crippen MR) is 68.9 cm³/mol. The number of hydrogen-bond donors (Lipinski definition) is 1. The molecule has 0 aliphatic carbocycles. The van der Waals surface area contributed by atoms with Crippen molar-refractivity contribution < 1.29 is 9.18 Å². The lowest BCUT2D eigenvalue weighted by Gasteiger charge is -2.21. The van der Waals surface area contributed by atoms with Crippen molar-refractivity contribution in [2.75, 3.05) is 20.1 Å². The Labute approximate surface area is 111 Å². The molecule has 1 saturated heterocycles. The number of carbonyl (C=O) groups is 1. The number of rotatable bonds is 3. The zero-order valence-electron chi connectivity index (χ0n) is 10.2. The van der Waals surface area contributed by atoms with Crippen LogP contribution in [0.4, 0.5) is 4.39 Å². The topological polar surface area (TPSA) is 32.3 Å². The van der Waals surface area contributed by atoms with Gasteiger partial charge in [0, 0.05) is 30.7 Å². The molecule has 98 valence electrons. The van der Waals surface area contributed by atoms with E-state index in [1.165, 1.54) is 6.07 Å². The van der Waals surface area contributed by atoms with E-state index >= 15 is 0 Å². The highest BCUT2D eigenvalue weighted by Crippen LogP contribution is 2.21. The summed E-state index contributed by atoms with van der Waals surface area (Å²) in [4.78, 5) is 13.6. The van der Waals surface area contributed by atoms with Gasteiger partial charge in [0.05, 0.1) is 5.92 Å². The Kier molecular flexibility index (Phi) is 4.19. The lowest BCUT2D eigenvalue weighted by Crippen LogP contribution is -2.33. The molecule has 1 aromatic carbocycles. The van der Waals surface area contributed by atoms with Crippen LogP contribution in [0.25, 0.3) is 0 Å². The SMILES string of the molecule is CN(Cc1c(F)cccc1Cl)C(=O)C1CCNC1. The number of amides is 1. The Bertz CT molecular complexity index is 426. The highest BCUT2D eigenvalue weighted by Gasteiger charge is 2.25. The van der Waals surface area contributed by atoms with E-state index in [2.05, 4.69) is 5.32 Å². The molecule has 0 radical (unpaired) electrons. The average molecular weight is 271 g/mol. The molecule has 3 nitrogen and oxygen atoms in total. The summed E-state index contributed by atoms with van der Waals surface area (Å²) in [6.07, 6.45) is 0.841. The maximum atomic E-state index is 13.6. The lowest BCUT2D eigenvalue weighted by atomic mass is 10.1. The van der Waals surface area contributed by atoms with Crippen LogP contribution in [-0.2, 0) is 11.3 Å². The molecule has 5 heteroatoms. The Morgan fingerprint density at radius 2 is 2.39 bits per heavy atom. The molecule has 1 aliphatic rings. The molecule has 18 heavy (non-hydrogen) atoms. The molecule has 1 amide bonds. The monoisotopic (exact) mass is 270 g/mol. The van der Waals surface area contributed by atoms with Crippen molar-refractivity contribution in [3.63, 3.8) is 0 Å². The first-order valence-corrected chi connectivity index (χ1v) is 6.36. The molecule has 1 heterocycles. The molecule has 2 rings (SSSR count). The number of halogens is 2. The van der Waals surface area contributed by atoms with Gasteiger partial charge in [-0.15, -0.1) is 0 Å². The van der Waals surface area contributed by atoms with E-state index in [0.29, 0.717) is 17.1 Å². The smallest absolute Gasteiger partial charge is 0.227 e. The highest BCUT2D eigenvalue weighted by molar-refractivity contribution is 6.31.